The number of fused-ring (bicyclic) bond motifs is 1. The van der Waals surface area contributed by atoms with Crippen molar-refractivity contribution in [2.45, 2.75) is 6.04 Å². The average molecular weight is 386 g/mol. The molecule has 0 saturated carbocycles. The standard InChI is InChI=1S/C24H19FN2O2/c25-19-12-13-21-20(15-19)24(18-9-5-2-6-10-18)27(16-22(28)26-21)23(29)14-11-17-7-3-1-4-8-17/h1-15,24H,16H2,(H,26,28)/b14-11+/t24-/m0/s1. The lowest BCUT2D eigenvalue weighted by Crippen LogP contribution is -2.38. The summed E-state index contributed by atoms with van der Waals surface area (Å²) in [5.41, 5.74) is 2.73. The van der Waals surface area contributed by atoms with Gasteiger partial charge in [0, 0.05) is 17.3 Å². The molecule has 4 nitrogen and oxygen atoms in total. The lowest BCUT2D eigenvalue weighted by atomic mass is 9.95. The second-order valence-electron chi connectivity index (χ2n) is 6.80. The normalized spacial score (nSPS) is 16.2. The largest absolute Gasteiger partial charge is 0.324 e. The number of benzene rings is 3. The number of anilines is 1. The van der Waals surface area contributed by atoms with Crippen LogP contribution >= 0.6 is 0 Å². The molecule has 0 radical (unpaired) electrons. The van der Waals surface area contributed by atoms with Crippen LogP contribution in [0.15, 0.2) is 84.9 Å². The van der Waals surface area contributed by atoms with Gasteiger partial charge < -0.3 is 10.2 Å². The average Bonchev–Trinajstić information content (AvgIpc) is 2.89. The number of carbonyl (C=O) groups excluding carboxylic acids is 2. The van der Waals surface area contributed by atoms with E-state index in [-0.39, 0.29) is 18.4 Å². The summed E-state index contributed by atoms with van der Waals surface area (Å²) in [7, 11) is 0. The molecule has 1 heterocycles. The molecule has 144 valence electrons. The highest BCUT2D eigenvalue weighted by Gasteiger charge is 2.32. The van der Waals surface area contributed by atoms with Crippen LogP contribution in [0.2, 0.25) is 0 Å². The van der Waals surface area contributed by atoms with E-state index in [4.69, 9.17) is 0 Å². The van der Waals surface area contributed by atoms with E-state index in [0.717, 1.165) is 11.1 Å². The summed E-state index contributed by atoms with van der Waals surface area (Å²) < 4.78 is 14.1. The zero-order valence-corrected chi connectivity index (χ0v) is 15.6. The van der Waals surface area contributed by atoms with Gasteiger partial charge >= 0.3 is 0 Å². The fourth-order valence-electron chi connectivity index (χ4n) is 3.50. The molecule has 1 aliphatic heterocycles. The van der Waals surface area contributed by atoms with Crippen LogP contribution in [0.4, 0.5) is 10.1 Å². The predicted octanol–water partition coefficient (Wildman–Crippen LogP) is 4.41. The SMILES string of the molecule is O=C1CN(C(=O)/C=C/c2ccccc2)[C@@H](c2ccccc2)c2cc(F)ccc2N1. The highest BCUT2D eigenvalue weighted by Crippen LogP contribution is 2.36. The maximum atomic E-state index is 14.1. The van der Waals surface area contributed by atoms with E-state index in [2.05, 4.69) is 5.32 Å². The molecule has 1 aliphatic rings. The topological polar surface area (TPSA) is 49.4 Å². The Morgan fingerprint density at radius 3 is 2.41 bits per heavy atom. The molecule has 4 rings (SSSR count). The Hall–Kier alpha value is -3.73. The van der Waals surface area contributed by atoms with E-state index < -0.39 is 11.9 Å². The van der Waals surface area contributed by atoms with Crippen LogP contribution in [0, 0.1) is 5.82 Å². The number of carbonyl (C=O) groups is 2. The van der Waals surface area contributed by atoms with Crippen LogP contribution < -0.4 is 5.32 Å². The van der Waals surface area contributed by atoms with Gasteiger partial charge in [-0.25, -0.2) is 4.39 Å². The van der Waals surface area contributed by atoms with E-state index in [1.165, 1.54) is 29.2 Å². The summed E-state index contributed by atoms with van der Waals surface area (Å²) in [6.45, 7) is -0.131. The van der Waals surface area contributed by atoms with Crippen LogP contribution in [-0.2, 0) is 9.59 Å². The molecule has 5 heteroatoms. The minimum Gasteiger partial charge on any atom is -0.324 e. The molecule has 29 heavy (non-hydrogen) atoms. The highest BCUT2D eigenvalue weighted by molar-refractivity contribution is 6.00. The van der Waals surface area contributed by atoms with Crippen molar-refractivity contribution < 1.29 is 14.0 Å². The molecular weight excluding hydrogens is 367 g/mol. The molecule has 0 unspecified atom stereocenters. The van der Waals surface area contributed by atoms with Crippen LogP contribution in [0.3, 0.4) is 0 Å². The first-order chi connectivity index (χ1) is 14.1. The quantitative estimate of drug-likeness (QED) is 0.678. The number of hydrogen-bond donors (Lipinski definition) is 1. The van der Waals surface area contributed by atoms with Crippen LogP contribution in [0.25, 0.3) is 6.08 Å². The Morgan fingerprint density at radius 1 is 1.00 bits per heavy atom. The van der Waals surface area contributed by atoms with Crippen molar-refractivity contribution >= 4 is 23.6 Å². The zero-order valence-electron chi connectivity index (χ0n) is 15.6. The van der Waals surface area contributed by atoms with Crippen molar-refractivity contribution in [3.05, 3.63) is 107 Å². The minimum atomic E-state index is -0.589. The van der Waals surface area contributed by atoms with Gasteiger partial charge in [-0.05, 0) is 35.4 Å². The van der Waals surface area contributed by atoms with Gasteiger partial charge in [0.15, 0.2) is 0 Å². The van der Waals surface area contributed by atoms with E-state index >= 15 is 0 Å². The fourth-order valence-corrected chi connectivity index (χ4v) is 3.50. The van der Waals surface area contributed by atoms with Gasteiger partial charge in [-0.1, -0.05) is 60.7 Å². The highest BCUT2D eigenvalue weighted by atomic mass is 19.1. The molecule has 1 atom stereocenters. The Balaban J connectivity index is 1.78. The molecule has 3 aromatic rings. The van der Waals surface area contributed by atoms with Crippen molar-refractivity contribution in [3.8, 4) is 0 Å². The first-order valence-electron chi connectivity index (χ1n) is 9.30. The van der Waals surface area contributed by atoms with Gasteiger partial charge in [0.2, 0.25) is 11.8 Å². The molecule has 0 saturated heterocycles. The summed E-state index contributed by atoms with van der Waals surface area (Å²) >= 11 is 0. The van der Waals surface area contributed by atoms with Crippen molar-refractivity contribution in [1.82, 2.24) is 4.90 Å². The second kappa shape index (κ2) is 8.10. The summed E-state index contributed by atoms with van der Waals surface area (Å²) in [5, 5.41) is 2.78. The van der Waals surface area contributed by atoms with Crippen molar-refractivity contribution in [1.29, 1.82) is 0 Å². The summed E-state index contributed by atoms with van der Waals surface area (Å²) in [5.74, 6) is -1.07. The van der Waals surface area contributed by atoms with Crippen molar-refractivity contribution in [3.63, 3.8) is 0 Å². The number of amides is 2. The Labute approximate surface area is 168 Å². The maximum absolute atomic E-state index is 14.1. The van der Waals surface area contributed by atoms with Gasteiger partial charge in [0.05, 0.1) is 6.04 Å². The van der Waals surface area contributed by atoms with Gasteiger partial charge in [-0.2, -0.15) is 0 Å². The van der Waals surface area contributed by atoms with E-state index in [0.29, 0.717) is 11.3 Å². The Kier molecular flexibility index (Phi) is 5.20. The lowest BCUT2D eigenvalue weighted by Gasteiger charge is -2.29. The third-order valence-corrected chi connectivity index (χ3v) is 4.82. The maximum Gasteiger partial charge on any atom is 0.247 e. The summed E-state index contributed by atoms with van der Waals surface area (Å²) in [4.78, 5) is 27.1. The van der Waals surface area contributed by atoms with Gasteiger partial charge in [-0.15, -0.1) is 0 Å². The van der Waals surface area contributed by atoms with Crippen molar-refractivity contribution in [2.75, 3.05) is 11.9 Å². The summed E-state index contributed by atoms with van der Waals surface area (Å²) in [6, 6.07) is 22.4. The molecule has 0 aromatic heterocycles. The molecular formula is C24H19FN2O2. The van der Waals surface area contributed by atoms with Crippen molar-refractivity contribution in [2.24, 2.45) is 0 Å². The molecule has 0 aliphatic carbocycles. The molecule has 2 amide bonds. The molecule has 0 spiro atoms. The van der Waals surface area contributed by atoms with E-state index in [9.17, 15) is 14.0 Å². The molecule has 1 N–H and O–H groups in total. The van der Waals surface area contributed by atoms with E-state index in [1.807, 2.05) is 60.7 Å². The van der Waals surface area contributed by atoms with Gasteiger partial charge in [0.1, 0.15) is 12.4 Å². The minimum absolute atomic E-state index is 0.131. The predicted molar refractivity (Wildman–Crippen MR) is 111 cm³/mol. The number of halogens is 1. The molecule has 3 aromatic carbocycles. The second-order valence-corrected chi connectivity index (χ2v) is 6.80. The summed E-state index contributed by atoms with van der Waals surface area (Å²) in [6.07, 6.45) is 3.16. The van der Waals surface area contributed by atoms with E-state index in [1.54, 1.807) is 6.08 Å². The number of hydrogen-bond acceptors (Lipinski definition) is 2. The lowest BCUT2D eigenvalue weighted by molar-refractivity contribution is -0.131. The van der Waals surface area contributed by atoms with Crippen LogP contribution in [-0.4, -0.2) is 23.3 Å². The first kappa shape index (κ1) is 18.6. The van der Waals surface area contributed by atoms with Crippen LogP contribution in [0.1, 0.15) is 22.7 Å². The smallest absolute Gasteiger partial charge is 0.247 e. The van der Waals surface area contributed by atoms with Gasteiger partial charge in [-0.3, -0.25) is 9.59 Å². The third kappa shape index (κ3) is 4.09. The van der Waals surface area contributed by atoms with Crippen LogP contribution in [0.5, 0.6) is 0 Å². The monoisotopic (exact) mass is 386 g/mol. The number of nitrogens with zero attached hydrogens (tertiary/aromatic N) is 1. The fraction of sp³-hybridized carbons (Fsp3) is 0.0833. The number of nitrogens with one attached hydrogen (secondary N) is 1. The Morgan fingerprint density at radius 2 is 1.69 bits per heavy atom. The first-order valence-corrected chi connectivity index (χ1v) is 9.30. The molecule has 0 bridgehead atoms. The third-order valence-electron chi connectivity index (χ3n) is 4.82. The van der Waals surface area contributed by atoms with Gasteiger partial charge in [0.25, 0.3) is 0 Å². The molecule has 0 fully saturated rings. The number of rotatable bonds is 3. The Bertz CT molecular complexity index is 1060. The zero-order chi connectivity index (χ0) is 20.2.